The van der Waals surface area contributed by atoms with Crippen molar-refractivity contribution in [3.05, 3.63) is 10.8 Å². The Balaban J connectivity index is 2.24. The highest BCUT2D eigenvalue weighted by Gasteiger charge is 2.04. The van der Waals surface area contributed by atoms with E-state index in [1.54, 1.807) is 7.11 Å². The van der Waals surface area contributed by atoms with Crippen LogP contribution in [0.4, 0.5) is 11.6 Å². The Labute approximate surface area is 103 Å². The van der Waals surface area contributed by atoms with Gasteiger partial charge in [0.2, 0.25) is 0 Å². The summed E-state index contributed by atoms with van der Waals surface area (Å²) in [5.74, 6) is 1.08. The van der Waals surface area contributed by atoms with Crippen LogP contribution in [0.2, 0.25) is 0 Å². The van der Waals surface area contributed by atoms with Crippen LogP contribution in [0.25, 0.3) is 0 Å². The number of hydrogen-bond acceptors (Lipinski definition) is 6. The topological polar surface area (TPSA) is 82.3 Å². The molecule has 7 heteroatoms. The molecule has 16 heavy (non-hydrogen) atoms. The molecular formula is C9H15BrN4O2. The van der Waals surface area contributed by atoms with Crippen molar-refractivity contribution >= 4 is 27.6 Å². The third-order valence-electron chi connectivity index (χ3n) is 1.79. The number of rotatable bonds is 7. The number of nitrogens with zero attached hydrogens (tertiary/aromatic N) is 2. The summed E-state index contributed by atoms with van der Waals surface area (Å²) in [5, 5.41) is 3.09. The van der Waals surface area contributed by atoms with Crippen LogP contribution < -0.4 is 11.1 Å². The van der Waals surface area contributed by atoms with Gasteiger partial charge in [0.15, 0.2) is 0 Å². The van der Waals surface area contributed by atoms with Gasteiger partial charge >= 0.3 is 0 Å². The van der Waals surface area contributed by atoms with Crippen LogP contribution in [-0.4, -0.2) is 43.4 Å². The summed E-state index contributed by atoms with van der Waals surface area (Å²) in [6, 6.07) is 0. The number of aromatic nitrogens is 2. The first-order valence-electron chi connectivity index (χ1n) is 4.82. The molecule has 0 radical (unpaired) electrons. The van der Waals surface area contributed by atoms with E-state index in [0.717, 1.165) is 0 Å². The predicted molar refractivity (Wildman–Crippen MR) is 65.3 cm³/mol. The van der Waals surface area contributed by atoms with Gasteiger partial charge in [-0.2, -0.15) is 0 Å². The van der Waals surface area contributed by atoms with Gasteiger partial charge in [-0.25, -0.2) is 9.97 Å². The molecule has 0 bridgehead atoms. The molecule has 0 aliphatic heterocycles. The van der Waals surface area contributed by atoms with E-state index in [2.05, 4.69) is 31.2 Å². The second-order valence-corrected chi connectivity index (χ2v) is 3.75. The number of anilines is 2. The van der Waals surface area contributed by atoms with Crippen molar-refractivity contribution in [2.75, 3.05) is 44.5 Å². The second kappa shape index (κ2) is 7.37. The van der Waals surface area contributed by atoms with Gasteiger partial charge in [0.05, 0.1) is 19.8 Å². The van der Waals surface area contributed by atoms with Crippen molar-refractivity contribution in [3.8, 4) is 0 Å². The monoisotopic (exact) mass is 290 g/mol. The van der Waals surface area contributed by atoms with E-state index in [1.165, 1.54) is 6.33 Å². The summed E-state index contributed by atoms with van der Waals surface area (Å²) in [4.78, 5) is 7.88. The van der Waals surface area contributed by atoms with E-state index < -0.39 is 0 Å². The van der Waals surface area contributed by atoms with Gasteiger partial charge in [0.1, 0.15) is 22.4 Å². The Morgan fingerprint density at radius 2 is 2.19 bits per heavy atom. The Morgan fingerprint density at radius 3 is 2.94 bits per heavy atom. The highest BCUT2D eigenvalue weighted by molar-refractivity contribution is 9.10. The highest BCUT2D eigenvalue weighted by atomic mass is 79.9. The number of halogens is 1. The average Bonchev–Trinajstić information content (AvgIpc) is 2.29. The molecule has 0 aliphatic rings. The first-order chi connectivity index (χ1) is 7.75. The highest BCUT2D eigenvalue weighted by Crippen LogP contribution is 2.23. The summed E-state index contributed by atoms with van der Waals surface area (Å²) >= 11 is 3.30. The van der Waals surface area contributed by atoms with Gasteiger partial charge in [-0.1, -0.05) is 0 Å². The smallest absolute Gasteiger partial charge is 0.146 e. The number of methoxy groups -OCH3 is 1. The largest absolute Gasteiger partial charge is 0.383 e. The van der Waals surface area contributed by atoms with Gasteiger partial charge in [-0.05, 0) is 15.9 Å². The third kappa shape index (κ3) is 4.30. The lowest BCUT2D eigenvalue weighted by Gasteiger charge is -2.08. The molecule has 1 rings (SSSR count). The van der Waals surface area contributed by atoms with Gasteiger partial charge in [0, 0.05) is 13.7 Å². The fraction of sp³-hybridized carbons (Fsp3) is 0.556. The minimum absolute atomic E-state index is 0.415. The van der Waals surface area contributed by atoms with Crippen LogP contribution in [0.5, 0.6) is 0 Å². The molecule has 1 heterocycles. The number of nitrogens with one attached hydrogen (secondary N) is 1. The van der Waals surface area contributed by atoms with Crippen molar-refractivity contribution in [3.63, 3.8) is 0 Å². The summed E-state index contributed by atoms with van der Waals surface area (Å²) < 4.78 is 10.8. The van der Waals surface area contributed by atoms with Crippen LogP contribution in [0.1, 0.15) is 0 Å². The van der Waals surface area contributed by atoms with Crippen molar-refractivity contribution in [2.45, 2.75) is 0 Å². The molecule has 1 aromatic rings. The first-order valence-corrected chi connectivity index (χ1v) is 5.61. The molecule has 90 valence electrons. The van der Waals surface area contributed by atoms with E-state index in [1.807, 2.05) is 0 Å². The molecule has 3 N–H and O–H groups in total. The SMILES string of the molecule is COCCOCCNc1ncnc(N)c1Br. The van der Waals surface area contributed by atoms with E-state index in [0.29, 0.717) is 42.5 Å². The van der Waals surface area contributed by atoms with Gasteiger partial charge in [0.25, 0.3) is 0 Å². The summed E-state index contributed by atoms with van der Waals surface area (Å²) in [6.45, 7) is 2.42. The molecule has 0 atom stereocenters. The predicted octanol–water partition coefficient (Wildman–Crippen LogP) is 0.896. The Hall–Kier alpha value is -0.920. The van der Waals surface area contributed by atoms with Gasteiger partial charge in [-0.3, -0.25) is 0 Å². The van der Waals surface area contributed by atoms with Crippen molar-refractivity contribution < 1.29 is 9.47 Å². The van der Waals surface area contributed by atoms with Crippen LogP contribution >= 0.6 is 15.9 Å². The average molecular weight is 291 g/mol. The van der Waals surface area contributed by atoms with Gasteiger partial charge in [-0.15, -0.1) is 0 Å². The number of nitrogens with two attached hydrogens (primary N) is 1. The molecule has 0 unspecified atom stereocenters. The molecule has 0 aliphatic carbocycles. The van der Waals surface area contributed by atoms with Crippen LogP contribution in [0, 0.1) is 0 Å². The summed E-state index contributed by atoms with van der Waals surface area (Å²) in [5.41, 5.74) is 5.60. The molecular weight excluding hydrogens is 276 g/mol. The summed E-state index contributed by atoms with van der Waals surface area (Å²) in [7, 11) is 1.64. The molecule has 6 nitrogen and oxygen atoms in total. The molecule has 0 saturated heterocycles. The van der Waals surface area contributed by atoms with Crippen molar-refractivity contribution in [1.29, 1.82) is 0 Å². The summed E-state index contributed by atoms with van der Waals surface area (Å²) in [6.07, 6.45) is 1.41. The van der Waals surface area contributed by atoms with Crippen molar-refractivity contribution in [1.82, 2.24) is 9.97 Å². The zero-order valence-corrected chi connectivity index (χ0v) is 10.7. The molecule has 1 aromatic heterocycles. The Kier molecular flexibility index (Phi) is 6.05. The lowest BCUT2D eigenvalue weighted by Crippen LogP contribution is -2.13. The van der Waals surface area contributed by atoms with Crippen LogP contribution in [0.15, 0.2) is 10.8 Å². The number of nitrogen functional groups attached to an aromatic ring is 1. The fourth-order valence-corrected chi connectivity index (χ4v) is 1.34. The van der Waals surface area contributed by atoms with E-state index >= 15 is 0 Å². The Morgan fingerprint density at radius 1 is 1.38 bits per heavy atom. The minimum atomic E-state index is 0.415. The van der Waals surface area contributed by atoms with Crippen molar-refractivity contribution in [2.24, 2.45) is 0 Å². The quantitative estimate of drug-likeness (QED) is 0.726. The lowest BCUT2D eigenvalue weighted by atomic mass is 10.5. The van der Waals surface area contributed by atoms with Gasteiger partial charge < -0.3 is 20.5 Å². The molecule has 0 aromatic carbocycles. The van der Waals surface area contributed by atoms with Crippen LogP contribution in [0.3, 0.4) is 0 Å². The van der Waals surface area contributed by atoms with E-state index in [9.17, 15) is 0 Å². The van der Waals surface area contributed by atoms with Crippen LogP contribution in [-0.2, 0) is 9.47 Å². The maximum absolute atomic E-state index is 5.60. The molecule has 0 saturated carbocycles. The number of ether oxygens (including phenoxy) is 2. The maximum Gasteiger partial charge on any atom is 0.146 e. The molecule has 0 fully saturated rings. The molecule has 0 spiro atoms. The Bertz CT molecular complexity index is 324. The number of hydrogen-bond donors (Lipinski definition) is 2. The third-order valence-corrected chi connectivity index (χ3v) is 2.57. The fourth-order valence-electron chi connectivity index (χ4n) is 0.993. The molecule has 0 amide bonds. The van der Waals surface area contributed by atoms with E-state index in [4.69, 9.17) is 15.2 Å². The second-order valence-electron chi connectivity index (χ2n) is 2.95. The normalized spacial score (nSPS) is 10.4. The minimum Gasteiger partial charge on any atom is -0.383 e. The lowest BCUT2D eigenvalue weighted by molar-refractivity contribution is 0.0759. The van der Waals surface area contributed by atoms with E-state index in [-0.39, 0.29) is 0 Å². The first kappa shape index (κ1) is 13.1. The zero-order valence-electron chi connectivity index (χ0n) is 9.07. The standard InChI is InChI=1S/C9H15BrN4O2/c1-15-4-5-16-3-2-12-9-7(10)8(11)13-6-14-9/h6H,2-5H2,1H3,(H3,11,12,13,14). The maximum atomic E-state index is 5.60. The zero-order chi connectivity index (χ0) is 11.8.